The Labute approximate surface area is 125 Å². The maximum absolute atomic E-state index is 11.7. The summed E-state index contributed by atoms with van der Waals surface area (Å²) in [7, 11) is 0. The number of carbonyl (C=O) groups is 1. The molecule has 0 aliphatic carbocycles. The minimum atomic E-state index is -0.0573. The monoisotopic (exact) mass is 341 g/mol. The predicted molar refractivity (Wildman–Crippen MR) is 83.6 cm³/mol. The van der Waals surface area contributed by atoms with Crippen LogP contribution in [0.2, 0.25) is 0 Å². The van der Waals surface area contributed by atoms with E-state index in [4.69, 9.17) is 0 Å². The third-order valence-corrected chi connectivity index (χ3v) is 4.16. The number of amides is 1. The van der Waals surface area contributed by atoms with E-state index in [1.807, 2.05) is 36.0 Å². The lowest BCUT2D eigenvalue weighted by Crippen LogP contribution is -2.40. The Bertz CT molecular complexity index is 461. The molecule has 0 bridgehead atoms. The number of nitrogens with one attached hydrogen (secondary N) is 1. The fraction of sp³-hybridized carbons (Fsp3) is 0.385. The maximum atomic E-state index is 11.7. The van der Waals surface area contributed by atoms with Gasteiger partial charge in [-0.25, -0.2) is 5.43 Å². The summed E-state index contributed by atoms with van der Waals surface area (Å²) < 4.78 is 0.994. The fourth-order valence-electron chi connectivity index (χ4n) is 1.76. The van der Waals surface area contributed by atoms with E-state index in [1.165, 1.54) is 0 Å². The lowest BCUT2D eigenvalue weighted by molar-refractivity contribution is -0.122. The zero-order valence-corrected chi connectivity index (χ0v) is 12.9. The van der Waals surface area contributed by atoms with E-state index in [-0.39, 0.29) is 5.91 Å². The topological polar surface area (TPSA) is 44.7 Å². The van der Waals surface area contributed by atoms with Crippen LogP contribution in [0.4, 0.5) is 0 Å². The van der Waals surface area contributed by atoms with Crippen molar-refractivity contribution >= 4 is 39.8 Å². The molecular formula is C13H16BrN3OS. The van der Waals surface area contributed by atoms with E-state index in [0.717, 1.165) is 34.6 Å². The van der Waals surface area contributed by atoms with E-state index in [0.29, 0.717) is 6.54 Å². The van der Waals surface area contributed by atoms with Crippen LogP contribution in [0.5, 0.6) is 0 Å². The molecule has 1 heterocycles. The summed E-state index contributed by atoms with van der Waals surface area (Å²) in [5, 5.41) is 3.97. The first-order chi connectivity index (χ1) is 9.24. The second kappa shape index (κ2) is 7.67. The van der Waals surface area contributed by atoms with Crippen molar-refractivity contribution in [1.29, 1.82) is 0 Å². The number of rotatable bonds is 4. The fourth-order valence-corrected chi connectivity index (χ4v) is 3.16. The van der Waals surface area contributed by atoms with Crippen molar-refractivity contribution in [2.75, 3.05) is 31.1 Å². The van der Waals surface area contributed by atoms with E-state index in [2.05, 4.69) is 31.4 Å². The van der Waals surface area contributed by atoms with Gasteiger partial charge in [-0.3, -0.25) is 9.69 Å². The summed E-state index contributed by atoms with van der Waals surface area (Å²) in [5.41, 5.74) is 3.51. The first-order valence-electron chi connectivity index (χ1n) is 6.11. The van der Waals surface area contributed by atoms with Crippen molar-refractivity contribution in [2.45, 2.75) is 0 Å². The van der Waals surface area contributed by atoms with Crippen LogP contribution in [0, 0.1) is 0 Å². The second-order valence-electron chi connectivity index (χ2n) is 4.24. The van der Waals surface area contributed by atoms with Crippen LogP contribution in [0.1, 0.15) is 5.56 Å². The van der Waals surface area contributed by atoms with E-state index in [9.17, 15) is 4.79 Å². The normalized spacial score (nSPS) is 16.7. The smallest absolute Gasteiger partial charge is 0.254 e. The second-order valence-corrected chi connectivity index (χ2v) is 6.38. The molecule has 1 amide bonds. The highest BCUT2D eigenvalue weighted by Crippen LogP contribution is 2.10. The molecule has 0 atom stereocenters. The predicted octanol–water partition coefficient (Wildman–Crippen LogP) is 1.95. The number of halogens is 1. The molecule has 1 aliphatic rings. The van der Waals surface area contributed by atoms with Crippen molar-refractivity contribution in [2.24, 2.45) is 5.10 Å². The van der Waals surface area contributed by atoms with Gasteiger partial charge in [0.2, 0.25) is 0 Å². The van der Waals surface area contributed by atoms with Crippen molar-refractivity contribution in [3.05, 3.63) is 34.3 Å². The molecule has 0 saturated carbocycles. The van der Waals surface area contributed by atoms with Crippen LogP contribution < -0.4 is 5.43 Å². The average molecular weight is 342 g/mol. The summed E-state index contributed by atoms with van der Waals surface area (Å²) in [4.78, 5) is 13.8. The third-order valence-electron chi connectivity index (χ3n) is 2.72. The van der Waals surface area contributed by atoms with Gasteiger partial charge in [-0.05, 0) is 17.7 Å². The van der Waals surface area contributed by atoms with Gasteiger partial charge in [0.25, 0.3) is 5.91 Å². The molecule has 0 radical (unpaired) electrons. The van der Waals surface area contributed by atoms with Crippen molar-refractivity contribution < 1.29 is 4.79 Å². The van der Waals surface area contributed by atoms with Crippen LogP contribution in [0.15, 0.2) is 33.8 Å². The van der Waals surface area contributed by atoms with Gasteiger partial charge in [0.1, 0.15) is 0 Å². The molecule has 4 nitrogen and oxygen atoms in total. The first-order valence-corrected chi connectivity index (χ1v) is 8.06. The lowest BCUT2D eigenvalue weighted by Gasteiger charge is -2.24. The van der Waals surface area contributed by atoms with E-state index < -0.39 is 0 Å². The minimum absolute atomic E-state index is 0.0573. The molecule has 1 aromatic carbocycles. The summed E-state index contributed by atoms with van der Waals surface area (Å²) in [6.45, 7) is 2.39. The summed E-state index contributed by atoms with van der Waals surface area (Å²) in [5.74, 6) is 2.15. The Balaban J connectivity index is 1.76. The molecule has 0 unspecified atom stereocenters. The molecule has 1 N–H and O–H groups in total. The van der Waals surface area contributed by atoms with Crippen molar-refractivity contribution in [3.63, 3.8) is 0 Å². The Morgan fingerprint density at radius 3 is 3.00 bits per heavy atom. The number of hydrazone groups is 1. The van der Waals surface area contributed by atoms with Gasteiger partial charge in [-0.15, -0.1) is 0 Å². The molecule has 102 valence electrons. The highest BCUT2D eigenvalue weighted by molar-refractivity contribution is 9.10. The van der Waals surface area contributed by atoms with Gasteiger partial charge in [-0.1, -0.05) is 28.1 Å². The number of hydrogen-bond acceptors (Lipinski definition) is 4. The molecule has 19 heavy (non-hydrogen) atoms. The standard InChI is InChI=1S/C13H16BrN3OS/c14-12-3-1-2-11(8-12)9-15-16-13(18)10-17-4-6-19-7-5-17/h1-3,8-9H,4-7,10H2,(H,16,18)/b15-9-. The zero-order chi connectivity index (χ0) is 13.5. The highest BCUT2D eigenvalue weighted by Gasteiger charge is 2.13. The van der Waals surface area contributed by atoms with E-state index >= 15 is 0 Å². The zero-order valence-electron chi connectivity index (χ0n) is 10.5. The highest BCUT2D eigenvalue weighted by atomic mass is 79.9. The maximum Gasteiger partial charge on any atom is 0.254 e. The molecule has 1 aliphatic heterocycles. The van der Waals surface area contributed by atoms with Crippen LogP contribution in [0.25, 0.3) is 0 Å². The summed E-state index contributed by atoms with van der Waals surface area (Å²) in [6.07, 6.45) is 1.65. The number of hydrogen-bond donors (Lipinski definition) is 1. The van der Waals surface area contributed by atoms with Gasteiger partial charge >= 0.3 is 0 Å². The van der Waals surface area contributed by atoms with Crippen LogP contribution >= 0.6 is 27.7 Å². The number of thioether (sulfide) groups is 1. The van der Waals surface area contributed by atoms with Crippen LogP contribution in [-0.4, -0.2) is 48.2 Å². The summed E-state index contributed by atoms with van der Waals surface area (Å²) >= 11 is 5.33. The van der Waals surface area contributed by atoms with Gasteiger partial charge in [-0.2, -0.15) is 16.9 Å². The molecule has 1 saturated heterocycles. The SMILES string of the molecule is O=C(CN1CCSCC1)N/N=C\c1cccc(Br)c1. The van der Waals surface area contributed by atoms with Crippen LogP contribution in [-0.2, 0) is 4.79 Å². The van der Waals surface area contributed by atoms with Gasteiger partial charge in [0.05, 0.1) is 12.8 Å². The average Bonchev–Trinajstić information content (AvgIpc) is 2.40. The van der Waals surface area contributed by atoms with Crippen molar-refractivity contribution in [3.8, 4) is 0 Å². The lowest BCUT2D eigenvalue weighted by atomic mass is 10.2. The molecule has 0 aromatic heterocycles. The van der Waals surface area contributed by atoms with Gasteiger partial charge in [0, 0.05) is 29.1 Å². The van der Waals surface area contributed by atoms with Gasteiger partial charge in [0.15, 0.2) is 0 Å². The first kappa shape index (κ1) is 14.6. The largest absolute Gasteiger partial charge is 0.293 e. The Hall–Kier alpha value is -0.850. The molecule has 1 aromatic rings. The number of benzene rings is 1. The van der Waals surface area contributed by atoms with Gasteiger partial charge < -0.3 is 0 Å². The molecule has 2 rings (SSSR count). The van der Waals surface area contributed by atoms with Crippen molar-refractivity contribution in [1.82, 2.24) is 10.3 Å². The Morgan fingerprint density at radius 1 is 1.47 bits per heavy atom. The summed E-state index contributed by atoms with van der Waals surface area (Å²) in [6, 6.07) is 7.75. The minimum Gasteiger partial charge on any atom is -0.293 e. The number of nitrogens with zero attached hydrogens (tertiary/aromatic N) is 2. The molecule has 0 spiro atoms. The molecular weight excluding hydrogens is 326 g/mol. The third kappa shape index (κ3) is 5.34. The number of carbonyl (C=O) groups excluding carboxylic acids is 1. The molecule has 6 heteroatoms. The quantitative estimate of drug-likeness (QED) is 0.672. The Kier molecular flexibility index (Phi) is 5.88. The molecule has 1 fully saturated rings. The van der Waals surface area contributed by atoms with E-state index in [1.54, 1.807) is 6.21 Å². The Morgan fingerprint density at radius 2 is 2.26 bits per heavy atom. The van der Waals surface area contributed by atoms with Crippen LogP contribution in [0.3, 0.4) is 0 Å².